The van der Waals surface area contributed by atoms with E-state index in [0.29, 0.717) is 0 Å². The first kappa shape index (κ1) is 28.5. The van der Waals surface area contributed by atoms with E-state index in [9.17, 15) is 0 Å². The number of rotatable bonds is 4. The third-order valence-electron chi connectivity index (χ3n) is 10.5. The van der Waals surface area contributed by atoms with E-state index in [1.807, 2.05) is 0 Å². The van der Waals surface area contributed by atoms with Gasteiger partial charge in [-0.1, -0.05) is 188 Å². The van der Waals surface area contributed by atoms with E-state index in [1.165, 1.54) is 98.4 Å². The van der Waals surface area contributed by atoms with Gasteiger partial charge in [-0.25, -0.2) is 0 Å². The SMILES string of the molecule is c1ccc2cc(-c3c4ccccc4c(-c4ccc(-c5ccc(-c6cccc7c6ccc6ccccc67)cc5)cc4)c4ccccc34)ccc2c1. The van der Waals surface area contributed by atoms with Crippen LogP contribution < -0.4 is 0 Å². The molecule has 10 rings (SSSR count). The molecular formula is C50H32. The first-order valence-corrected chi connectivity index (χ1v) is 17.3. The highest BCUT2D eigenvalue weighted by molar-refractivity contribution is 6.21. The Hall–Kier alpha value is -6.50. The van der Waals surface area contributed by atoms with Gasteiger partial charge in [0.05, 0.1) is 0 Å². The molecule has 0 aliphatic carbocycles. The highest BCUT2D eigenvalue weighted by Gasteiger charge is 2.17. The van der Waals surface area contributed by atoms with Crippen LogP contribution in [-0.4, -0.2) is 0 Å². The zero-order chi connectivity index (χ0) is 33.0. The van der Waals surface area contributed by atoms with Gasteiger partial charge in [0.15, 0.2) is 0 Å². The van der Waals surface area contributed by atoms with Gasteiger partial charge >= 0.3 is 0 Å². The third kappa shape index (κ3) is 4.61. The normalized spacial score (nSPS) is 11.6. The van der Waals surface area contributed by atoms with Crippen LogP contribution in [0.5, 0.6) is 0 Å². The molecule has 232 valence electrons. The summed E-state index contributed by atoms with van der Waals surface area (Å²) in [5, 5.41) is 12.8. The van der Waals surface area contributed by atoms with Gasteiger partial charge in [-0.2, -0.15) is 0 Å². The van der Waals surface area contributed by atoms with Crippen molar-refractivity contribution in [3.8, 4) is 44.5 Å². The van der Waals surface area contributed by atoms with Crippen molar-refractivity contribution >= 4 is 53.9 Å². The van der Waals surface area contributed by atoms with Crippen LogP contribution in [-0.2, 0) is 0 Å². The molecule has 0 heterocycles. The molecule has 0 atom stereocenters. The predicted octanol–water partition coefficient (Wildman–Crippen LogP) is 14.1. The second kappa shape index (κ2) is 11.6. The summed E-state index contributed by atoms with van der Waals surface area (Å²) in [6.07, 6.45) is 0. The minimum absolute atomic E-state index is 1.21. The van der Waals surface area contributed by atoms with E-state index in [2.05, 4.69) is 194 Å². The summed E-state index contributed by atoms with van der Waals surface area (Å²) >= 11 is 0. The van der Waals surface area contributed by atoms with Gasteiger partial charge in [-0.15, -0.1) is 0 Å². The van der Waals surface area contributed by atoms with Crippen LogP contribution in [0.4, 0.5) is 0 Å². The molecular weight excluding hydrogens is 601 g/mol. The Kier molecular flexibility index (Phi) is 6.60. The first-order valence-electron chi connectivity index (χ1n) is 17.3. The lowest BCUT2D eigenvalue weighted by Crippen LogP contribution is -1.91. The van der Waals surface area contributed by atoms with Gasteiger partial charge in [-0.05, 0) is 104 Å². The van der Waals surface area contributed by atoms with Crippen molar-refractivity contribution < 1.29 is 0 Å². The maximum absolute atomic E-state index is 2.34. The maximum Gasteiger partial charge on any atom is -0.00262 e. The fraction of sp³-hybridized carbons (Fsp3) is 0. The summed E-state index contributed by atoms with van der Waals surface area (Å²) in [6.45, 7) is 0. The van der Waals surface area contributed by atoms with Crippen LogP contribution in [0.15, 0.2) is 194 Å². The molecule has 0 aliphatic rings. The van der Waals surface area contributed by atoms with Crippen molar-refractivity contribution in [2.45, 2.75) is 0 Å². The summed E-state index contributed by atoms with van der Waals surface area (Å²) in [6, 6.07) is 71.2. The Labute approximate surface area is 291 Å². The smallest absolute Gasteiger partial charge is 0.00262 e. The van der Waals surface area contributed by atoms with Crippen molar-refractivity contribution in [3.63, 3.8) is 0 Å². The van der Waals surface area contributed by atoms with Crippen LogP contribution in [0, 0.1) is 0 Å². The van der Waals surface area contributed by atoms with Crippen LogP contribution in [0.2, 0.25) is 0 Å². The minimum atomic E-state index is 1.21. The van der Waals surface area contributed by atoms with Gasteiger partial charge in [0.2, 0.25) is 0 Å². The van der Waals surface area contributed by atoms with Crippen molar-refractivity contribution in [1.29, 1.82) is 0 Å². The maximum atomic E-state index is 2.34. The number of fused-ring (bicyclic) bond motifs is 6. The molecule has 10 aromatic carbocycles. The van der Waals surface area contributed by atoms with Gasteiger partial charge in [0.25, 0.3) is 0 Å². The van der Waals surface area contributed by atoms with E-state index in [4.69, 9.17) is 0 Å². The molecule has 0 radical (unpaired) electrons. The lowest BCUT2D eigenvalue weighted by Gasteiger charge is -2.18. The third-order valence-corrected chi connectivity index (χ3v) is 10.5. The number of benzene rings is 10. The molecule has 0 aromatic heterocycles. The molecule has 0 N–H and O–H groups in total. The van der Waals surface area contributed by atoms with E-state index >= 15 is 0 Å². The molecule has 0 spiro atoms. The minimum Gasteiger partial charge on any atom is -0.0616 e. The van der Waals surface area contributed by atoms with Crippen molar-refractivity contribution in [2.75, 3.05) is 0 Å². The van der Waals surface area contributed by atoms with Gasteiger partial charge in [0.1, 0.15) is 0 Å². The van der Waals surface area contributed by atoms with Crippen LogP contribution >= 0.6 is 0 Å². The van der Waals surface area contributed by atoms with E-state index in [1.54, 1.807) is 0 Å². The van der Waals surface area contributed by atoms with Crippen molar-refractivity contribution in [2.24, 2.45) is 0 Å². The Morgan fingerprint density at radius 1 is 0.200 bits per heavy atom. The molecule has 0 unspecified atom stereocenters. The van der Waals surface area contributed by atoms with Gasteiger partial charge < -0.3 is 0 Å². The highest BCUT2D eigenvalue weighted by atomic mass is 14.2. The average molecular weight is 633 g/mol. The summed E-state index contributed by atoms with van der Waals surface area (Å²) < 4.78 is 0. The molecule has 0 heteroatoms. The van der Waals surface area contributed by atoms with Crippen molar-refractivity contribution in [3.05, 3.63) is 194 Å². The monoisotopic (exact) mass is 632 g/mol. The standard InChI is InChI=1S/C50H32/c1-2-12-39-32-40(29-24-33(39)10-1)50-47-16-7-5-14-45(47)49(46-15-6-8-17-48(46)50)38-27-22-35(23-28-38)34-20-25-37(26-21-34)42-18-9-19-43-41-13-4-3-11-36(41)30-31-44(42)43/h1-32H. The molecule has 10 aromatic rings. The quantitative estimate of drug-likeness (QED) is 0.134. The molecule has 0 saturated heterocycles. The Morgan fingerprint density at radius 3 is 1.28 bits per heavy atom. The van der Waals surface area contributed by atoms with Crippen molar-refractivity contribution in [1.82, 2.24) is 0 Å². The summed E-state index contributed by atoms with van der Waals surface area (Å²) in [5.41, 5.74) is 9.98. The summed E-state index contributed by atoms with van der Waals surface area (Å²) in [4.78, 5) is 0. The number of hydrogen-bond acceptors (Lipinski definition) is 0. The zero-order valence-electron chi connectivity index (χ0n) is 27.5. The fourth-order valence-electron chi connectivity index (χ4n) is 8.06. The largest absolute Gasteiger partial charge is 0.0616 e. The van der Waals surface area contributed by atoms with Crippen LogP contribution in [0.1, 0.15) is 0 Å². The lowest BCUT2D eigenvalue weighted by atomic mass is 9.85. The number of hydrogen-bond donors (Lipinski definition) is 0. The van der Waals surface area contributed by atoms with E-state index in [-0.39, 0.29) is 0 Å². The fourth-order valence-corrected chi connectivity index (χ4v) is 8.06. The zero-order valence-corrected chi connectivity index (χ0v) is 27.5. The Bertz CT molecular complexity index is 2840. The molecule has 0 saturated carbocycles. The van der Waals surface area contributed by atoms with Gasteiger partial charge in [0, 0.05) is 0 Å². The van der Waals surface area contributed by atoms with Gasteiger partial charge in [-0.3, -0.25) is 0 Å². The molecule has 0 aliphatic heterocycles. The molecule has 0 nitrogen and oxygen atoms in total. The lowest BCUT2D eigenvalue weighted by molar-refractivity contribution is 1.60. The highest BCUT2D eigenvalue weighted by Crippen LogP contribution is 2.44. The van der Waals surface area contributed by atoms with E-state index < -0.39 is 0 Å². The van der Waals surface area contributed by atoms with Crippen LogP contribution in [0.3, 0.4) is 0 Å². The summed E-state index contributed by atoms with van der Waals surface area (Å²) in [5.74, 6) is 0. The molecule has 0 fully saturated rings. The topological polar surface area (TPSA) is 0 Å². The summed E-state index contributed by atoms with van der Waals surface area (Å²) in [7, 11) is 0. The molecule has 0 amide bonds. The molecule has 0 bridgehead atoms. The second-order valence-corrected chi connectivity index (χ2v) is 13.2. The first-order chi connectivity index (χ1) is 24.8. The Morgan fingerprint density at radius 2 is 0.640 bits per heavy atom. The second-order valence-electron chi connectivity index (χ2n) is 13.2. The average Bonchev–Trinajstić information content (AvgIpc) is 3.19. The molecule has 50 heavy (non-hydrogen) atoms. The van der Waals surface area contributed by atoms with Crippen LogP contribution in [0.25, 0.3) is 98.4 Å². The predicted molar refractivity (Wildman–Crippen MR) is 216 cm³/mol. The van der Waals surface area contributed by atoms with E-state index in [0.717, 1.165) is 0 Å². The Balaban J connectivity index is 1.05.